The summed E-state index contributed by atoms with van der Waals surface area (Å²) in [6.07, 6.45) is 11.4. The van der Waals surface area contributed by atoms with Gasteiger partial charge in [-0.3, -0.25) is 37.1 Å². The standard InChI is InChI=1S/C39H51FN4O6.C27H31FN4O4/c1-25-13-15-32-29(19-25)27(23-43(32)36(47)49-38(3,4)5)21-31(35(46)41-18-12-10-9-11-17-40)42-34(45)22-28-24-44(37(48)50-39(6,7)8)33-16-14-26(2)20-30(28)33;28-9-3-1-2-4-10-29-27(36)25(11-17-15-30-23-7-5-19(33)13-21(17)23)32-26(35)12-18-16-31-24-8-6-20(34)14-22(18)24/h13-16,19-20,23-24,31H,9-12,17-18,21-22H2,1-8H3,(H,41,46)(H,42,45);5-8,13-16,25,30-31,33-34H,1-4,9-12H2,(H,29,36)(H,32,35)/t31-;25-/m00/s1. The minimum absolute atomic E-state index is 0.0329. The Balaban J connectivity index is 0.000000259. The lowest BCUT2D eigenvalue weighted by Gasteiger charge is -2.20. The number of aromatic hydroxyl groups is 2. The molecule has 0 bridgehead atoms. The van der Waals surface area contributed by atoms with Crippen LogP contribution < -0.4 is 21.3 Å². The van der Waals surface area contributed by atoms with Crippen LogP contribution in [0, 0.1) is 13.8 Å². The van der Waals surface area contributed by atoms with Gasteiger partial charge >= 0.3 is 12.2 Å². The number of ether oxygens (including phenoxy) is 2. The minimum atomic E-state index is -0.979. The first kappa shape index (κ1) is 64.9. The van der Waals surface area contributed by atoms with Gasteiger partial charge in [-0.25, -0.2) is 9.59 Å². The molecule has 0 saturated carbocycles. The SMILES string of the molecule is Cc1ccc2c(c1)c(CC(=O)N[C@@H](Cc1cn(C(=O)OC(C)(C)C)c3ccc(C)cc13)C(=O)NCCCCCCF)cn2C(=O)OC(C)(C)C.O=C(Cc1c[nH]c2ccc(O)cc12)N[C@@H](Cc1c[nH]c2ccc(O)cc12)C(=O)NCCCCCCF. The molecule has 4 aromatic carbocycles. The Labute approximate surface area is 499 Å². The van der Waals surface area contributed by atoms with Crippen molar-refractivity contribution in [1.82, 2.24) is 40.4 Å². The number of phenolic OH excluding ortho intramolecular Hbond substituents is 2. The number of carbonyl (C=O) groups is 6. The number of hydrogen-bond donors (Lipinski definition) is 8. The Morgan fingerprint density at radius 3 is 1.38 bits per heavy atom. The van der Waals surface area contributed by atoms with E-state index in [1.54, 1.807) is 103 Å². The minimum Gasteiger partial charge on any atom is -0.508 e. The first-order valence-corrected chi connectivity index (χ1v) is 29.4. The van der Waals surface area contributed by atoms with Crippen LogP contribution in [0.15, 0.2) is 97.6 Å². The molecule has 0 spiro atoms. The molecule has 86 heavy (non-hydrogen) atoms. The Hall–Kier alpha value is -8.68. The quantitative estimate of drug-likeness (QED) is 0.0266. The molecule has 0 unspecified atom stereocenters. The molecule has 0 saturated heterocycles. The predicted molar refractivity (Wildman–Crippen MR) is 330 cm³/mol. The van der Waals surface area contributed by atoms with Gasteiger partial charge in [-0.1, -0.05) is 48.9 Å². The van der Waals surface area contributed by atoms with Crippen LogP contribution in [0.25, 0.3) is 43.6 Å². The summed E-state index contributed by atoms with van der Waals surface area (Å²) in [6, 6.07) is 19.4. The maximum Gasteiger partial charge on any atom is 0.419 e. The van der Waals surface area contributed by atoms with E-state index in [-0.39, 0.29) is 68.3 Å². The summed E-state index contributed by atoms with van der Waals surface area (Å²) in [4.78, 5) is 86.1. The molecule has 8 N–H and O–H groups in total. The van der Waals surface area contributed by atoms with Crippen LogP contribution in [-0.4, -0.2) is 115 Å². The topological polar surface area (TPSA) is 251 Å². The number of rotatable bonds is 24. The van der Waals surface area contributed by atoms with E-state index >= 15 is 0 Å². The number of aryl methyl sites for hydroxylation is 2. The van der Waals surface area contributed by atoms with Crippen LogP contribution in [0.3, 0.4) is 0 Å². The van der Waals surface area contributed by atoms with Crippen LogP contribution in [0.2, 0.25) is 0 Å². The Kier molecular flexibility index (Phi) is 22.2. The number of carbonyl (C=O) groups excluding carboxylic acids is 6. The van der Waals surface area contributed by atoms with Gasteiger partial charge in [0.1, 0.15) is 34.8 Å². The molecule has 4 aromatic heterocycles. The van der Waals surface area contributed by atoms with Gasteiger partial charge in [0.05, 0.1) is 37.2 Å². The summed E-state index contributed by atoms with van der Waals surface area (Å²) in [6.45, 7) is 14.7. The van der Waals surface area contributed by atoms with Crippen molar-refractivity contribution in [2.45, 2.75) is 156 Å². The maximum atomic E-state index is 13.8. The zero-order chi connectivity index (χ0) is 62.3. The van der Waals surface area contributed by atoms with Crippen molar-refractivity contribution in [2.75, 3.05) is 26.4 Å². The second-order valence-corrected chi connectivity index (χ2v) is 23.9. The molecular weight excluding hydrogens is 1100 g/mol. The number of H-pyrrole nitrogens is 2. The molecule has 20 heteroatoms. The Bertz CT molecular complexity index is 3680. The fourth-order valence-electron chi connectivity index (χ4n) is 10.2. The van der Waals surface area contributed by atoms with Gasteiger partial charge in [-0.15, -0.1) is 0 Å². The number of hydrogen-bond acceptors (Lipinski definition) is 10. The lowest BCUT2D eigenvalue weighted by atomic mass is 10.0. The molecule has 18 nitrogen and oxygen atoms in total. The molecule has 0 fully saturated rings. The highest BCUT2D eigenvalue weighted by Crippen LogP contribution is 2.29. The number of halogens is 2. The fraction of sp³-hybridized carbons (Fsp3) is 0.424. The van der Waals surface area contributed by atoms with Crippen LogP contribution in [0.5, 0.6) is 11.5 Å². The fourth-order valence-corrected chi connectivity index (χ4v) is 10.2. The van der Waals surface area contributed by atoms with Gasteiger partial charge < -0.3 is 50.9 Å². The van der Waals surface area contributed by atoms with E-state index in [1.807, 2.05) is 50.2 Å². The summed E-state index contributed by atoms with van der Waals surface area (Å²) in [5, 5.41) is 34.4. The van der Waals surface area contributed by atoms with Gasteiger partial charge in [-0.2, -0.15) is 0 Å². The molecule has 2 atom stereocenters. The number of phenols is 2. The molecule has 4 heterocycles. The van der Waals surface area contributed by atoms with E-state index in [9.17, 15) is 47.8 Å². The third-order valence-corrected chi connectivity index (χ3v) is 14.3. The van der Waals surface area contributed by atoms with Crippen molar-refractivity contribution in [2.24, 2.45) is 0 Å². The average Bonchev–Trinajstić information content (AvgIpc) is 2.05. The summed E-state index contributed by atoms with van der Waals surface area (Å²) >= 11 is 0. The molecule has 0 aliphatic carbocycles. The number of alkyl halides is 2. The third-order valence-electron chi connectivity index (χ3n) is 14.3. The maximum absolute atomic E-state index is 13.8. The van der Waals surface area contributed by atoms with Crippen molar-refractivity contribution in [3.8, 4) is 11.5 Å². The number of aromatic amines is 2. The van der Waals surface area contributed by atoms with Crippen molar-refractivity contribution in [3.63, 3.8) is 0 Å². The summed E-state index contributed by atoms with van der Waals surface area (Å²) in [5.74, 6) is -1.20. The molecule has 460 valence electrons. The largest absolute Gasteiger partial charge is 0.508 e. The molecular formula is C66H82F2N8O10. The highest BCUT2D eigenvalue weighted by atomic mass is 19.1. The van der Waals surface area contributed by atoms with Gasteiger partial charge in [0.25, 0.3) is 0 Å². The first-order valence-electron chi connectivity index (χ1n) is 29.4. The number of nitrogens with one attached hydrogen (secondary N) is 6. The number of amides is 4. The van der Waals surface area contributed by atoms with Crippen LogP contribution >= 0.6 is 0 Å². The van der Waals surface area contributed by atoms with Crippen LogP contribution in [0.4, 0.5) is 18.4 Å². The van der Waals surface area contributed by atoms with Crippen molar-refractivity contribution < 1.29 is 57.2 Å². The number of fused-ring (bicyclic) bond motifs is 4. The van der Waals surface area contributed by atoms with Gasteiger partial charge in [-0.05, 0) is 164 Å². The van der Waals surface area contributed by atoms with E-state index in [2.05, 4.69) is 31.2 Å². The molecule has 0 aliphatic rings. The van der Waals surface area contributed by atoms with Gasteiger partial charge in [0.2, 0.25) is 23.6 Å². The van der Waals surface area contributed by atoms with Gasteiger partial charge in [0, 0.05) is 83.3 Å². The monoisotopic (exact) mass is 1180 g/mol. The molecule has 0 radical (unpaired) electrons. The Morgan fingerprint density at radius 1 is 0.512 bits per heavy atom. The predicted octanol–water partition coefficient (Wildman–Crippen LogP) is 11.7. The van der Waals surface area contributed by atoms with Crippen molar-refractivity contribution in [1.29, 1.82) is 0 Å². The zero-order valence-electron chi connectivity index (χ0n) is 50.5. The number of benzene rings is 4. The Morgan fingerprint density at radius 2 is 0.919 bits per heavy atom. The molecule has 4 amide bonds. The zero-order valence-corrected chi connectivity index (χ0v) is 50.5. The normalized spacial score (nSPS) is 12.4. The van der Waals surface area contributed by atoms with E-state index in [1.165, 1.54) is 9.13 Å². The van der Waals surface area contributed by atoms with E-state index in [4.69, 9.17) is 9.47 Å². The van der Waals surface area contributed by atoms with Crippen molar-refractivity contribution in [3.05, 3.63) is 131 Å². The first-order chi connectivity index (χ1) is 40.9. The average molecular weight is 1190 g/mol. The van der Waals surface area contributed by atoms with Crippen molar-refractivity contribution >= 4 is 79.4 Å². The number of unbranched alkanes of at least 4 members (excludes halogenated alkanes) is 6. The lowest BCUT2D eigenvalue weighted by molar-refractivity contribution is -0.128. The van der Waals surface area contributed by atoms with E-state index in [0.717, 1.165) is 81.4 Å². The summed E-state index contributed by atoms with van der Waals surface area (Å²) in [7, 11) is 0. The molecule has 0 aliphatic heterocycles. The lowest BCUT2D eigenvalue weighted by Crippen LogP contribution is -2.48. The van der Waals surface area contributed by atoms with Crippen LogP contribution in [-0.2, 0) is 54.3 Å². The van der Waals surface area contributed by atoms with E-state index < -0.39 is 41.4 Å². The highest BCUT2D eigenvalue weighted by molar-refractivity contribution is 5.98. The smallest absolute Gasteiger partial charge is 0.419 e. The third kappa shape index (κ3) is 18.2. The summed E-state index contributed by atoms with van der Waals surface area (Å²) < 4.78 is 38.9. The second kappa shape index (κ2) is 29.4. The number of nitrogens with zero attached hydrogens (tertiary/aromatic N) is 2. The summed E-state index contributed by atoms with van der Waals surface area (Å²) in [5.41, 5.74) is 6.16. The second-order valence-electron chi connectivity index (χ2n) is 23.9. The highest BCUT2D eigenvalue weighted by Gasteiger charge is 2.29. The van der Waals surface area contributed by atoms with E-state index in [0.29, 0.717) is 60.1 Å². The van der Waals surface area contributed by atoms with Gasteiger partial charge in [0.15, 0.2) is 0 Å². The molecule has 8 rings (SSSR count). The number of aromatic nitrogens is 4. The van der Waals surface area contributed by atoms with Crippen LogP contribution in [0.1, 0.15) is 126 Å². The molecule has 8 aromatic rings.